The van der Waals surface area contributed by atoms with Gasteiger partial charge in [-0.15, -0.1) is 0 Å². The predicted octanol–water partition coefficient (Wildman–Crippen LogP) is 3.60. The fraction of sp³-hybridized carbons (Fsp3) is 0.706. The molecular formula is C17H29N3. The zero-order chi connectivity index (χ0) is 14.4. The molecule has 1 fully saturated rings. The summed E-state index contributed by atoms with van der Waals surface area (Å²) in [7, 11) is 0. The number of nitrogens with one attached hydrogen (secondary N) is 1. The fourth-order valence-corrected chi connectivity index (χ4v) is 2.41. The van der Waals surface area contributed by atoms with E-state index in [0.717, 1.165) is 31.4 Å². The monoisotopic (exact) mass is 275 g/mol. The Morgan fingerprint density at radius 2 is 2.15 bits per heavy atom. The van der Waals surface area contributed by atoms with Crippen LogP contribution >= 0.6 is 0 Å². The minimum absolute atomic E-state index is 0.686. The lowest BCUT2D eigenvalue weighted by Gasteiger charge is -2.24. The number of aromatic nitrogens is 1. The Bertz CT molecular complexity index is 399. The van der Waals surface area contributed by atoms with Crippen molar-refractivity contribution in [2.75, 3.05) is 18.0 Å². The summed E-state index contributed by atoms with van der Waals surface area (Å²) in [6, 6.07) is 7.19. The number of nitrogens with zero attached hydrogens (tertiary/aromatic N) is 2. The van der Waals surface area contributed by atoms with Gasteiger partial charge in [0, 0.05) is 19.1 Å². The smallest absolute Gasteiger partial charge is 0.129 e. The second kappa shape index (κ2) is 7.63. The van der Waals surface area contributed by atoms with Crippen molar-refractivity contribution in [1.82, 2.24) is 10.3 Å². The third-order valence-corrected chi connectivity index (χ3v) is 3.69. The number of anilines is 1. The largest absolute Gasteiger partial charge is 0.354 e. The van der Waals surface area contributed by atoms with E-state index in [1.54, 1.807) is 0 Å². The van der Waals surface area contributed by atoms with Gasteiger partial charge in [0.15, 0.2) is 0 Å². The van der Waals surface area contributed by atoms with Gasteiger partial charge >= 0.3 is 0 Å². The van der Waals surface area contributed by atoms with Crippen LogP contribution in [0, 0.1) is 5.92 Å². The van der Waals surface area contributed by atoms with Crippen molar-refractivity contribution in [3.63, 3.8) is 0 Å². The standard InChI is InChI=1S/C17H29N3/c1-4-5-11-20(16-9-10-16)17-8-6-7-15(19-17)13-18-12-14(2)3/h6-8,14,16,18H,4-5,9-13H2,1-3H3. The summed E-state index contributed by atoms with van der Waals surface area (Å²) >= 11 is 0. The lowest BCUT2D eigenvalue weighted by atomic mass is 10.2. The highest BCUT2D eigenvalue weighted by atomic mass is 15.2. The first-order valence-electron chi connectivity index (χ1n) is 8.14. The van der Waals surface area contributed by atoms with Crippen molar-refractivity contribution in [1.29, 1.82) is 0 Å². The van der Waals surface area contributed by atoms with Crippen molar-refractivity contribution in [2.24, 2.45) is 5.92 Å². The summed E-state index contributed by atoms with van der Waals surface area (Å²) in [5.41, 5.74) is 1.16. The van der Waals surface area contributed by atoms with Gasteiger partial charge in [0.05, 0.1) is 5.69 Å². The molecule has 3 nitrogen and oxygen atoms in total. The predicted molar refractivity (Wildman–Crippen MR) is 86.1 cm³/mol. The molecule has 0 bridgehead atoms. The van der Waals surface area contributed by atoms with Crippen LogP contribution in [-0.2, 0) is 6.54 Å². The Morgan fingerprint density at radius 3 is 2.80 bits per heavy atom. The maximum atomic E-state index is 4.85. The highest BCUT2D eigenvalue weighted by molar-refractivity contribution is 5.42. The van der Waals surface area contributed by atoms with Crippen LogP contribution in [0.25, 0.3) is 0 Å². The highest BCUT2D eigenvalue weighted by Gasteiger charge is 2.29. The molecule has 0 amide bonds. The zero-order valence-corrected chi connectivity index (χ0v) is 13.2. The van der Waals surface area contributed by atoms with E-state index < -0.39 is 0 Å². The van der Waals surface area contributed by atoms with Crippen LogP contribution < -0.4 is 10.2 Å². The number of hydrogen-bond acceptors (Lipinski definition) is 3. The van der Waals surface area contributed by atoms with Crippen LogP contribution in [0.3, 0.4) is 0 Å². The van der Waals surface area contributed by atoms with E-state index in [0.29, 0.717) is 5.92 Å². The summed E-state index contributed by atoms with van der Waals surface area (Å²) in [6.45, 7) is 9.79. The van der Waals surface area contributed by atoms with Crippen molar-refractivity contribution >= 4 is 5.82 Å². The zero-order valence-electron chi connectivity index (χ0n) is 13.2. The van der Waals surface area contributed by atoms with E-state index >= 15 is 0 Å². The van der Waals surface area contributed by atoms with Crippen LogP contribution in [0.4, 0.5) is 5.82 Å². The number of pyridine rings is 1. The molecule has 1 saturated carbocycles. The third-order valence-electron chi connectivity index (χ3n) is 3.69. The summed E-state index contributed by atoms with van der Waals surface area (Å²) in [5, 5.41) is 3.47. The minimum Gasteiger partial charge on any atom is -0.354 e. The lowest BCUT2D eigenvalue weighted by molar-refractivity contribution is 0.548. The van der Waals surface area contributed by atoms with Crippen LogP contribution in [-0.4, -0.2) is 24.1 Å². The van der Waals surface area contributed by atoms with Crippen molar-refractivity contribution in [2.45, 2.75) is 59.0 Å². The number of rotatable bonds is 9. The molecule has 0 spiro atoms. The molecule has 20 heavy (non-hydrogen) atoms. The average Bonchev–Trinajstić information content (AvgIpc) is 3.24. The molecule has 112 valence electrons. The van der Waals surface area contributed by atoms with Crippen LogP contribution in [0.1, 0.15) is 52.1 Å². The van der Waals surface area contributed by atoms with Gasteiger partial charge in [0.1, 0.15) is 5.82 Å². The average molecular weight is 275 g/mol. The first-order chi connectivity index (χ1) is 9.70. The van der Waals surface area contributed by atoms with Gasteiger partial charge in [-0.05, 0) is 43.9 Å². The van der Waals surface area contributed by atoms with Gasteiger partial charge in [-0.1, -0.05) is 33.3 Å². The molecule has 1 heterocycles. The van der Waals surface area contributed by atoms with E-state index in [-0.39, 0.29) is 0 Å². The summed E-state index contributed by atoms with van der Waals surface area (Å²) < 4.78 is 0. The van der Waals surface area contributed by atoms with E-state index in [2.05, 4.69) is 49.2 Å². The van der Waals surface area contributed by atoms with Gasteiger partial charge in [0.25, 0.3) is 0 Å². The molecule has 1 aromatic rings. The van der Waals surface area contributed by atoms with Crippen molar-refractivity contribution in [3.05, 3.63) is 23.9 Å². The molecule has 3 heteroatoms. The Morgan fingerprint density at radius 1 is 1.35 bits per heavy atom. The molecule has 1 aliphatic carbocycles. The van der Waals surface area contributed by atoms with E-state index in [1.165, 1.54) is 31.5 Å². The van der Waals surface area contributed by atoms with Crippen LogP contribution in [0.5, 0.6) is 0 Å². The van der Waals surface area contributed by atoms with Gasteiger partial charge in [-0.2, -0.15) is 0 Å². The molecule has 0 aliphatic heterocycles. The SMILES string of the molecule is CCCCN(c1cccc(CNCC(C)C)n1)C1CC1. The summed E-state index contributed by atoms with van der Waals surface area (Å²) in [5.74, 6) is 1.86. The van der Waals surface area contributed by atoms with E-state index in [4.69, 9.17) is 4.98 Å². The molecule has 0 radical (unpaired) electrons. The van der Waals surface area contributed by atoms with Crippen molar-refractivity contribution < 1.29 is 0 Å². The second-order valence-electron chi connectivity index (χ2n) is 6.29. The third kappa shape index (κ3) is 4.78. The van der Waals surface area contributed by atoms with Gasteiger partial charge < -0.3 is 10.2 Å². The fourth-order valence-electron chi connectivity index (χ4n) is 2.41. The first-order valence-corrected chi connectivity index (χ1v) is 8.14. The van der Waals surface area contributed by atoms with Gasteiger partial charge in [-0.25, -0.2) is 4.98 Å². The summed E-state index contributed by atoms with van der Waals surface area (Å²) in [6.07, 6.45) is 5.18. The highest BCUT2D eigenvalue weighted by Crippen LogP contribution is 2.30. The lowest BCUT2D eigenvalue weighted by Crippen LogP contribution is -2.28. The Labute approximate surface area is 123 Å². The maximum Gasteiger partial charge on any atom is 0.129 e. The Kier molecular flexibility index (Phi) is 5.84. The molecule has 2 rings (SSSR count). The van der Waals surface area contributed by atoms with E-state index in [1.807, 2.05) is 0 Å². The first kappa shape index (κ1) is 15.3. The Hall–Kier alpha value is -1.09. The van der Waals surface area contributed by atoms with E-state index in [9.17, 15) is 0 Å². The molecule has 0 saturated heterocycles. The molecule has 0 unspecified atom stereocenters. The Balaban J connectivity index is 1.95. The molecular weight excluding hydrogens is 246 g/mol. The van der Waals surface area contributed by atoms with Gasteiger partial charge in [0.2, 0.25) is 0 Å². The molecule has 0 aromatic carbocycles. The number of hydrogen-bond donors (Lipinski definition) is 1. The minimum atomic E-state index is 0.686. The van der Waals surface area contributed by atoms with Crippen LogP contribution in [0.15, 0.2) is 18.2 Å². The topological polar surface area (TPSA) is 28.2 Å². The van der Waals surface area contributed by atoms with Crippen LogP contribution in [0.2, 0.25) is 0 Å². The molecule has 1 N–H and O–H groups in total. The quantitative estimate of drug-likeness (QED) is 0.746. The maximum absolute atomic E-state index is 4.85. The number of unbranched alkanes of at least 4 members (excludes halogenated alkanes) is 1. The second-order valence-corrected chi connectivity index (χ2v) is 6.29. The van der Waals surface area contributed by atoms with Gasteiger partial charge in [-0.3, -0.25) is 0 Å². The summed E-state index contributed by atoms with van der Waals surface area (Å²) in [4.78, 5) is 7.36. The molecule has 1 aliphatic rings. The molecule has 1 aromatic heterocycles. The molecule has 0 atom stereocenters. The normalized spacial score (nSPS) is 14.8. The van der Waals surface area contributed by atoms with Crippen molar-refractivity contribution in [3.8, 4) is 0 Å².